The summed E-state index contributed by atoms with van der Waals surface area (Å²) >= 11 is 0. The first kappa shape index (κ1) is 36.4. The molecule has 0 bridgehead atoms. The van der Waals surface area contributed by atoms with Crippen LogP contribution in [0.5, 0.6) is 11.5 Å². The molecule has 0 saturated heterocycles. The zero-order valence-electron chi connectivity index (χ0n) is 36.7. The van der Waals surface area contributed by atoms with E-state index in [2.05, 4.69) is 249 Å². The van der Waals surface area contributed by atoms with Gasteiger partial charge in [-0.05, 0) is 130 Å². The van der Waals surface area contributed by atoms with Crippen LogP contribution < -0.4 is 62.0 Å². The summed E-state index contributed by atoms with van der Waals surface area (Å²) in [6.07, 6.45) is 0. The highest BCUT2D eigenvalue weighted by molar-refractivity contribution is 7.02. The molecule has 0 N–H and O–H groups in total. The van der Waals surface area contributed by atoms with Crippen molar-refractivity contribution >= 4 is 132 Å². The van der Waals surface area contributed by atoms with Gasteiger partial charge in [0.05, 0.1) is 45.5 Å². The van der Waals surface area contributed by atoms with Crippen LogP contribution in [-0.4, -0.2) is 13.4 Å². The molecule has 6 aliphatic rings. The molecule has 10 aromatic rings. The predicted molar refractivity (Wildman–Crippen MR) is 283 cm³/mol. The first-order valence-electron chi connectivity index (χ1n) is 23.5. The standard InChI is InChI=1S/C60H37B2N5O/c1-4-18-38(19-5-1)63-47-28-14-16-30-49(47)66-45-26-12-10-24-41(45)61-43-36-44-56(37-54(43)65(40-22-8-3-9-23-40)51-32-33-52(63)59(66)57(51)61)68-55-35-34-53-60-58(55)62(44)42-25-11-13-27-46(42)67(60)50-31-17-15-29-48(50)64(53)39-20-6-2-7-21-39/h1-37H. The Morgan fingerprint density at radius 1 is 0.250 bits per heavy atom. The van der Waals surface area contributed by atoms with E-state index in [0.29, 0.717) is 0 Å². The number of ether oxygens (including phenoxy) is 1. The minimum atomic E-state index is -0.0867. The Morgan fingerprint density at radius 3 is 1.18 bits per heavy atom. The van der Waals surface area contributed by atoms with Gasteiger partial charge in [0.25, 0.3) is 13.4 Å². The molecule has 0 spiro atoms. The molecular formula is C60H37B2N5O. The molecular weight excluding hydrogens is 828 g/mol. The number of fused-ring (bicyclic) bond motifs is 14. The van der Waals surface area contributed by atoms with E-state index in [0.717, 1.165) is 68.4 Å². The van der Waals surface area contributed by atoms with Crippen LogP contribution >= 0.6 is 0 Å². The first-order valence-corrected chi connectivity index (χ1v) is 23.5. The van der Waals surface area contributed by atoms with Crippen molar-refractivity contribution in [3.63, 3.8) is 0 Å². The smallest absolute Gasteiger partial charge is 0.256 e. The van der Waals surface area contributed by atoms with Gasteiger partial charge in [-0.1, -0.05) is 121 Å². The monoisotopic (exact) mass is 865 g/mol. The molecule has 0 aromatic heterocycles. The van der Waals surface area contributed by atoms with E-state index < -0.39 is 0 Å². The van der Waals surface area contributed by atoms with Crippen LogP contribution in [0.15, 0.2) is 224 Å². The van der Waals surface area contributed by atoms with Crippen LogP contribution in [0.2, 0.25) is 0 Å². The Hall–Kier alpha value is -8.87. The average Bonchev–Trinajstić information content (AvgIpc) is 3.41. The molecule has 6 heterocycles. The highest BCUT2D eigenvalue weighted by atomic mass is 16.5. The molecule has 0 aliphatic carbocycles. The molecule has 0 atom stereocenters. The number of anilines is 15. The number of nitrogens with zero attached hydrogens (tertiary/aromatic N) is 5. The molecule has 314 valence electrons. The lowest BCUT2D eigenvalue weighted by molar-refractivity contribution is 0.488. The number of hydrogen-bond acceptors (Lipinski definition) is 6. The highest BCUT2D eigenvalue weighted by Gasteiger charge is 2.50. The number of para-hydroxylation sites is 9. The van der Waals surface area contributed by atoms with Crippen LogP contribution in [0.4, 0.5) is 85.3 Å². The van der Waals surface area contributed by atoms with Crippen molar-refractivity contribution in [2.24, 2.45) is 0 Å². The van der Waals surface area contributed by atoms with Crippen molar-refractivity contribution in [1.29, 1.82) is 0 Å². The summed E-state index contributed by atoms with van der Waals surface area (Å²) in [5.41, 5.74) is 24.8. The fraction of sp³-hybridized carbons (Fsp3) is 0. The minimum absolute atomic E-state index is 0.0718. The lowest BCUT2D eigenvalue weighted by Gasteiger charge is -2.49. The van der Waals surface area contributed by atoms with Gasteiger partial charge in [0.2, 0.25) is 0 Å². The van der Waals surface area contributed by atoms with E-state index in [-0.39, 0.29) is 13.4 Å². The van der Waals surface area contributed by atoms with Gasteiger partial charge in [-0.15, -0.1) is 0 Å². The molecule has 6 aliphatic heterocycles. The second kappa shape index (κ2) is 13.4. The molecule has 0 saturated carbocycles. The summed E-state index contributed by atoms with van der Waals surface area (Å²) in [7, 11) is 0. The predicted octanol–water partition coefficient (Wildman–Crippen LogP) is 11.7. The largest absolute Gasteiger partial charge is 0.458 e. The van der Waals surface area contributed by atoms with E-state index in [9.17, 15) is 0 Å². The van der Waals surface area contributed by atoms with Gasteiger partial charge >= 0.3 is 0 Å². The van der Waals surface area contributed by atoms with Crippen LogP contribution in [0.1, 0.15) is 0 Å². The van der Waals surface area contributed by atoms with E-state index in [1.54, 1.807) is 0 Å². The quantitative estimate of drug-likeness (QED) is 0.164. The number of hydrogen-bond donors (Lipinski definition) is 0. The molecule has 0 fully saturated rings. The normalized spacial score (nSPS) is 14.4. The Morgan fingerprint density at radius 2 is 0.647 bits per heavy atom. The third-order valence-corrected chi connectivity index (χ3v) is 15.1. The second-order valence-corrected chi connectivity index (χ2v) is 18.4. The van der Waals surface area contributed by atoms with Crippen LogP contribution in [0, 0.1) is 0 Å². The summed E-state index contributed by atoms with van der Waals surface area (Å²) in [5, 5.41) is 0. The van der Waals surface area contributed by atoms with E-state index in [4.69, 9.17) is 4.74 Å². The second-order valence-electron chi connectivity index (χ2n) is 18.4. The molecule has 68 heavy (non-hydrogen) atoms. The van der Waals surface area contributed by atoms with Gasteiger partial charge in [-0.2, -0.15) is 0 Å². The summed E-state index contributed by atoms with van der Waals surface area (Å²) in [6.45, 7) is -0.159. The summed E-state index contributed by atoms with van der Waals surface area (Å²) < 4.78 is 7.33. The lowest BCUT2D eigenvalue weighted by atomic mass is 9.30. The highest BCUT2D eigenvalue weighted by Crippen LogP contribution is 2.58. The summed E-state index contributed by atoms with van der Waals surface area (Å²) in [5.74, 6) is 1.78. The average molecular weight is 866 g/mol. The minimum Gasteiger partial charge on any atom is -0.458 e. The van der Waals surface area contributed by atoms with Gasteiger partial charge < -0.3 is 29.2 Å². The zero-order chi connectivity index (χ0) is 44.2. The van der Waals surface area contributed by atoms with Crippen LogP contribution in [0.3, 0.4) is 0 Å². The number of benzene rings is 10. The van der Waals surface area contributed by atoms with Crippen molar-refractivity contribution in [1.82, 2.24) is 0 Å². The molecule has 8 heteroatoms. The van der Waals surface area contributed by atoms with E-state index in [1.165, 1.54) is 61.2 Å². The fourth-order valence-corrected chi connectivity index (χ4v) is 12.5. The van der Waals surface area contributed by atoms with Gasteiger partial charge in [0.15, 0.2) is 0 Å². The van der Waals surface area contributed by atoms with Gasteiger partial charge in [-0.3, -0.25) is 0 Å². The Labute approximate surface area is 394 Å². The van der Waals surface area contributed by atoms with Gasteiger partial charge in [0, 0.05) is 45.9 Å². The molecule has 0 amide bonds. The van der Waals surface area contributed by atoms with Crippen molar-refractivity contribution in [3.8, 4) is 11.5 Å². The molecule has 0 radical (unpaired) electrons. The first-order chi connectivity index (χ1) is 33.8. The Bertz CT molecular complexity index is 3790. The topological polar surface area (TPSA) is 25.4 Å². The van der Waals surface area contributed by atoms with Crippen LogP contribution in [0.25, 0.3) is 0 Å². The van der Waals surface area contributed by atoms with Crippen molar-refractivity contribution in [2.45, 2.75) is 0 Å². The Kier molecular flexibility index (Phi) is 7.15. The van der Waals surface area contributed by atoms with Gasteiger partial charge in [0.1, 0.15) is 11.5 Å². The maximum atomic E-state index is 7.33. The van der Waals surface area contributed by atoms with Crippen molar-refractivity contribution in [3.05, 3.63) is 224 Å². The maximum Gasteiger partial charge on any atom is 0.256 e. The fourth-order valence-electron chi connectivity index (χ4n) is 12.5. The van der Waals surface area contributed by atoms with E-state index >= 15 is 0 Å². The lowest BCUT2D eigenvalue weighted by Crippen LogP contribution is -2.64. The third kappa shape index (κ3) is 4.63. The van der Waals surface area contributed by atoms with Crippen molar-refractivity contribution < 1.29 is 4.74 Å². The SMILES string of the molecule is c1ccc(N2c3cc4c(cc3B3c5ccccc5N5c6ccccc6N(c6ccccc6)c6ccc2c3c65)B2c3ccccc3N3c5ccccc5N(c5ccccc5)c5ccc(c2c53)O4)cc1. The Balaban J connectivity index is 0.982. The third-order valence-electron chi connectivity index (χ3n) is 15.1. The summed E-state index contributed by atoms with van der Waals surface area (Å²) in [6, 6.07) is 82.3. The summed E-state index contributed by atoms with van der Waals surface area (Å²) in [4.78, 5) is 12.4. The maximum absolute atomic E-state index is 7.33. The molecule has 10 aromatic carbocycles. The molecule has 0 unspecified atom stereocenters. The van der Waals surface area contributed by atoms with E-state index in [1.807, 2.05) is 0 Å². The zero-order valence-corrected chi connectivity index (χ0v) is 36.7. The van der Waals surface area contributed by atoms with Gasteiger partial charge in [-0.25, -0.2) is 0 Å². The van der Waals surface area contributed by atoms with Crippen molar-refractivity contribution in [2.75, 3.05) is 24.5 Å². The van der Waals surface area contributed by atoms with Crippen LogP contribution in [-0.2, 0) is 0 Å². The molecule has 16 rings (SSSR count). The molecule has 6 nitrogen and oxygen atoms in total. The number of rotatable bonds is 3.